The predicted octanol–water partition coefficient (Wildman–Crippen LogP) is 5.20. The van der Waals surface area contributed by atoms with E-state index in [-0.39, 0.29) is 11.9 Å². The van der Waals surface area contributed by atoms with E-state index < -0.39 is 0 Å². The van der Waals surface area contributed by atoms with Gasteiger partial charge in [-0.15, -0.1) is 22.7 Å². The summed E-state index contributed by atoms with van der Waals surface area (Å²) in [7, 11) is 0. The summed E-state index contributed by atoms with van der Waals surface area (Å²) in [6.07, 6.45) is 0. The highest BCUT2D eigenvalue weighted by Gasteiger charge is 2.18. The Morgan fingerprint density at radius 3 is 2.73 bits per heavy atom. The number of thiophene rings is 1. The molecule has 136 valence electrons. The van der Waals surface area contributed by atoms with Crippen LogP contribution in [0, 0.1) is 20.8 Å². The lowest BCUT2D eigenvalue weighted by atomic mass is 10.1. The van der Waals surface area contributed by atoms with Gasteiger partial charge in [0.2, 0.25) is 0 Å². The molecule has 6 heteroatoms. The van der Waals surface area contributed by atoms with Gasteiger partial charge in [0.05, 0.1) is 11.7 Å². The molecule has 4 nitrogen and oxygen atoms in total. The fraction of sp³-hybridized carbons (Fsp3) is 0.300. The number of hydrogen-bond acceptors (Lipinski definition) is 5. The van der Waals surface area contributed by atoms with Crippen LogP contribution < -0.4 is 10.1 Å². The molecule has 26 heavy (non-hydrogen) atoms. The standard InChI is InChI=1S/C20H22N2O2S2/c1-12-7-8-16(10-13(12)2)24-11-18-21-15(4)19(26-18)20(23)22-14(3)17-6-5-9-25-17/h5-10,14H,11H2,1-4H3,(H,22,23)/t14-/m1/s1. The molecule has 3 rings (SSSR count). The van der Waals surface area contributed by atoms with Crippen molar-refractivity contribution < 1.29 is 9.53 Å². The third-order valence-electron chi connectivity index (χ3n) is 4.21. The van der Waals surface area contributed by atoms with Gasteiger partial charge in [-0.05, 0) is 62.4 Å². The van der Waals surface area contributed by atoms with Gasteiger partial charge in [-0.25, -0.2) is 4.98 Å². The first kappa shape index (κ1) is 18.6. The number of aromatic nitrogens is 1. The number of rotatable bonds is 6. The van der Waals surface area contributed by atoms with Crippen LogP contribution in [0.3, 0.4) is 0 Å². The lowest BCUT2D eigenvalue weighted by molar-refractivity contribution is 0.0944. The smallest absolute Gasteiger partial charge is 0.263 e. The monoisotopic (exact) mass is 386 g/mol. The van der Waals surface area contributed by atoms with Crippen molar-refractivity contribution in [3.05, 3.63) is 67.3 Å². The van der Waals surface area contributed by atoms with E-state index in [2.05, 4.69) is 24.1 Å². The van der Waals surface area contributed by atoms with Gasteiger partial charge in [-0.2, -0.15) is 0 Å². The van der Waals surface area contributed by atoms with Crippen molar-refractivity contribution in [1.82, 2.24) is 10.3 Å². The van der Waals surface area contributed by atoms with Crippen molar-refractivity contribution in [1.29, 1.82) is 0 Å². The van der Waals surface area contributed by atoms with Crippen LogP contribution in [-0.2, 0) is 6.61 Å². The predicted molar refractivity (Wildman–Crippen MR) is 107 cm³/mol. The van der Waals surface area contributed by atoms with Crippen LogP contribution in [0.15, 0.2) is 35.7 Å². The molecule has 0 bridgehead atoms. The van der Waals surface area contributed by atoms with Gasteiger partial charge >= 0.3 is 0 Å². The number of carbonyl (C=O) groups excluding carboxylic acids is 1. The van der Waals surface area contributed by atoms with Crippen LogP contribution in [-0.4, -0.2) is 10.9 Å². The van der Waals surface area contributed by atoms with E-state index in [9.17, 15) is 4.79 Å². The van der Waals surface area contributed by atoms with E-state index in [1.54, 1.807) is 11.3 Å². The largest absolute Gasteiger partial charge is 0.486 e. The van der Waals surface area contributed by atoms with Crippen LogP contribution in [0.1, 0.15) is 49.3 Å². The van der Waals surface area contributed by atoms with E-state index >= 15 is 0 Å². The second-order valence-corrected chi connectivity index (χ2v) is 8.33. The average molecular weight is 387 g/mol. The van der Waals surface area contributed by atoms with Crippen LogP contribution in [0.2, 0.25) is 0 Å². The minimum absolute atomic E-state index is 0.0146. The zero-order chi connectivity index (χ0) is 18.7. The zero-order valence-electron chi connectivity index (χ0n) is 15.3. The van der Waals surface area contributed by atoms with Crippen molar-refractivity contribution in [3.8, 4) is 5.75 Å². The Morgan fingerprint density at radius 1 is 1.23 bits per heavy atom. The molecule has 1 aromatic carbocycles. The number of carbonyl (C=O) groups is 1. The summed E-state index contributed by atoms with van der Waals surface area (Å²) >= 11 is 3.03. The molecule has 0 unspecified atom stereocenters. The molecule has 0 aliphatic rings. The summed E-state index contributed by atoms with van der Waals surface area (Å²) in [6, 6.07) is 10.0. The Kier molecular flexibility index (Phi) is 5.74. The van der Waals surface area contributed by atoms with Crippen molar-refractivity contribution in [2.75, 3.05) is 0 Å². The highest BCUT2D eigenvalue weighted by atomic mass is 32.1. The molecular formula is C20H22N2O2S2. The Hall–Kier alpha value is -2.18. The Balaban J connectivity index is 1.64. The van der Waals surface area contributed by atoms with Gasteiger partial charge in [-0.3, -0.25) is 4.79 Å². The Morgan fingerprint density at radius 2 is 2.04 bits per heavy atom. The second-order valence-electron chi connectivity index (χ2n) is 6.27. The van der Waals surface area contributed by atoms with E-state index in [1.165, 1.54) is 22.5 Å². The van der Waals surface area contributed by atoms with Crippen LogP contribution in [0.5, 0.6) is 5.75 Å². The van der Waals surface area contributed by atoms with Gasteiger partial charge in [0.15, 0.2) is 0 Å². The first-order chi connectivity index (χ1) is 12.4. The molecule has 0 aliphatic carbocycles. The normalized spacial score (nSPS) is 12.0. The van der Waals surface area contributed by atoms with Crippen molar-refractivity contribution in [2.45, 2.75) is 40.3 Å². The molecule has 2 heterocycles. The molecule has 0 saturated carbocycles. The van der Waals surface area contributed by atoms with Crippen molar-refractivity contribution in [3.63, 3.8) is 0 Å². The third kappa shape index (κ3) is 4.31. The summed E-state index contributed by atoms with van der Waals surface area (Å²) in [5.41, 5.74) is 3.17. The molecule has 0 saturated heterocycles. The van der Waals surface area contributed by atoms with Crippen LogP contribution in [0.4, 0.5) is 0 Å². The minimum Gasteiger partial charge on any atom is -0.486 e. The second kappa shape index (κ2) is 8.01. The zero-order valence-corrected chi connectivity index (χ0v) is 17.0. The van der Waals surface area contributed by atoms with E-state index in [0.29, 0.717) is 11.5 Å². The van der Waals surface area contributed by atoms with Gasteiger partial charge in [0.25, 0.3) is 5.91 Å². The van der Waals surface area contributed by atoms with E-state index in [4.69, 9.17) is 4.74 Å². The van der Waals surface area contributed by atoms with Crippen LogP contribution in [0.25, 0.3) is 0 Å². The molecule has 3 aromatic rings. The minimum atomic E-state index is -0.0849. The fourth-order valence-corrected chi connectivity index (χ4v) is 4.16. The maximum Gasteiger partial charge on any atom is 0.263 e. The SMILES string of the molecule is Cc1ccc(OCc2nc(C)c(C(=O)N[C@H](C)c3cccs3)s2)cc1C. The number of nitrogens with one attached hydrogen (secondary N) is 1. The van der Waals surface area contributed by atoms with E-state index in [0.717, 1.165) is 21.3 Å². The van der Waals surface area contributed by atoms with E-state index in [1.807, 2.05) is 49.6 Å². The summed E-state index contributed by atoms with van der Waals surface area (Å²) in [4.78, 5) is 18.8. The lowest BCUT2D eigenvalue weighted by Crippen LogP contribution is -2.25. The number of thiazole rings is 1. The number of amides is 1. The Bertz CT molecular complexity index is 901. The topological polar surface area (TPSA) is 51.2 Å². The fourth-order valence-electron chi connectivity index (χ4n) is 2.54. The molecule has 2 aromatic heterocycles. The first-order valence-corrected chi connectivity index (χ1v) is 10.1. The third-order valence-corrected chi connectivity index (χ3v) is 6.39. The number of ether oxygens (including phenoxy) is 1. The maximum atomic E-state index is 12.6. The molecule has 0 aliphatic heterocycles. The molecule has 0 spiro atoms. The number of nitrogens with zero attached hydrogens (tertiary/aromatic N) is 1. The van der Waals surface area contributed by atoms with Crippen LogP contribution >= 0.6 is 22.7 Å². The molecule has 1 N–H and O–H groups in total. The number of hydrogen-bond donors (Lipinski definition) is 1. The number of aryl methyl sites for hydroxylation is 3. The number of benzene rings is 1. The summed E-state index contributed by atoms with van der Waals surface area (Å²) in [5, 5.41) is 5.85. The van der Waals surface area contributed by atoms with Gasteiger partial charge in [0.1, 0.15) is 22.2 Å². The van der Waals surface area contributed by atoms with Gasteiger partial charge in [0, 0.05) is 4.88 Å². The van der Waals surface area contributed by atoms with Crippen molar-refractivity contribution >= 4 is 28.6 Å². The van der Waals surface area contributed by atoms with Crippen molar-refractivity contribution in [2.24, 2.45) is 0 Å². The molecule has 0 fully saturated rings. The first-order valence-electron chi connectivity index (χ1n) is 8.44. The summed E-state index contributed by atoms with van der Waals surface area (Å²) in [6.45, 7) is 8.35. The Labute approximate surface area is 161 Å². The molecule has 0 radical (unpaired) electrons. The van der Waals surface area contributed by atoms with Gasteiger partial charge < -0.3 is 10.1 Å². The molecular weight excluding hydrogens is 364 g/mol. The maximum absolute atomic E-state index is 12.6. The summed E-state index contributed by atoms with van der Waals surface area (Å²) < 4.78 is 5.83. The quantitative estimate of drug-likeness (QED) is 0.633. The molecule has 1 amide bonds. The highest BCUT2D eigenvalue weighted by molar-refractivity contribution is 7.13. The average Bonchev–Trinajstić information content (AvgIpc) is 3.25. The molecule has 1 atom stereocenters. The highest BCUT2D eigenvalue weighted by Crippen LogP contribution is 2.24. The van der Waals surface area contributed by atoms with Gasteiger partial charge in [-0.1, -0.05) is 12.1 Å². The lowest BCUT2D eigenvalue weighted by Gasteiger charge is -2.11. The summed E-state index contributed by atoms with van der Waals surface area (Å²) in [5.74, 6) is 0.733.